The predicted molar refractivity (Wildman–Crippen MR) is 223 cm³/mol. The molecule has 1 aliphatic carbocycles. The van der Waals surface area contributed by atoms with Gasteiger partial charge in [0.15, 0.2) is 5.78 Å². The van der Waals surface area contributed by atoms with Crippen molar-refractivity contribution < 1.29 is 33.5 Å². The smallest absolute Gasteiger partial charge is 0.223 e. The molecule has 312 valence electrons. The number of hydrogen-bond acceptors (Lipinski definition) is 7. The fourth-order valence-corrected chi connectivity index (χ4v) is 3.28. The Labute approximate surface area is 327 Å². The van der Waals surface area contributed by atoms with E-state index in [0.717, 1.165) is 12.8 Å². The molecule has 0 aromatic heterocycles. The van der Waals surface area contributed by atoms with Crippen molar-refractivity contribution in [3.63, 3.8) is 0 Å². The molecule has 0 radical (unpaired) electrons. The molecule has 2 N–H and O–H groups in total. The fraction of sp³-hybridized carbons (Fsp3) is 0.818. The van der Waals surface area contributed by atoms with E-state index in [-0.39, 0.29) is 69.6 Å². The van der Waals surface area contributed by atoms with Gasteiger partial charge in [-0.05, 0) is 60.3 Å². The molecule has 1 heterocycles. The van der Waals surface area contributed by atoms with Gasteiger partial charge in [0.2, 0.25) is 17.6 Å². The van der Waals surface area contributed by atoms with Gasteiger partial charge >= 0.3 is 0 Å². The lowest BCUT2D eigenvalue weighted by Crippen LogP contribution is -2.41. The quantitative estimate of drug-likeness (QED) is 0.162. The lowest BCUT2D eigenvalue weighted by molar-refractivity contribution is -0.127. The number of amides is 2. The molecule has 0 aromatic carbocycles. The third kappa shape index (κ3) is 38.7. The molecular weight excluding hydrogens is 668 g/mol. The number of epoxide rings is 1. The summed E-state index contributed by atoms with van der Waals surface area (Å²) < 4.78 is 4.85. The molecule has 0 spiro atoms. The number of hydrogen-bond donors (Lipinski definition) is 2. The number of carbonyl (C=O) groups is 6. The van der Waals surface area contributed by atoms with Crippen molar-refractivity contribution >= 4 is 34.9 Å². The predicted octanol–water partition coefficient (Wildman–Crippen LogP) is 9.52. The van der Waals surface area contributed by atoms with E-state index in [1.54, 1.807) is 20.8 Å². The Hall–Kier alpha value is -2.86. The van der Waals surface area contributed by atoms with Gasteiger partial charge in [0, 0.05) is 57.9 Å². The molecule has 1 aliphatic heterocycles. The summed E-state index contributed by atoms with van der Waals surface area (Å²) in [6.45, 7) is 41.0. The van der Waals surface area contributed by atoms with E-state index < -0.39 is 0 Å². The molecule has 1 saturated heterocycles. The van der Waals surface area contributed by atoms with Crippen LogP contribution in [0.3, 0.4) is 0 Å². The normalized spacial score (nSPS) is 14.8. The number of rotatable bonds is 5. The largest absolute Gasteiger partial charge is 0.365 e. The van der Waals surface area contributed by atoms with Gasteiger partial charge in [-0.1, -0.05) is 111 Å². The van der Waals surface area contributed by atoms with Crippen molar-refractivity contribution in [2.45, 2.75) is 202 Å². The van der Waals surface area contributed by atoms with Crippen LogP contribution >= 0.6 is 0 Å². The van der Waals surface area contributed by atoms with Crippen molar-refractivity contribution in [2.24, 2.45) is 27.6 Å². The molecule has 2 fully saturated rings. The molecule has 0 aromatic rings. The second-order valence-corrected chi connectivity index (χ2v) is 19.4. The lowest BCUT2D eigenvalue weighted by atomic mass is 9.89. The van der Waals surface area contributed by atoms with Crippen molar-refractivity contribution in [2.75, 3.05) is 6.61 Å². The van der Waals surface area contributed by atoms with Gasteiger partial charge in [0.05, 0.1) is 6.61 Å². The fourth-order valence-electron chi connectivity index (χ4n) is 3.28. The van der Waals surface area contributed by atoms with Gasteiger partial charge in [0.25, 0.3) is 0 Å². The van der Waals surface area contributed by atoms with Gasteiger partial charge in [-0.15, -0.1) is 6.42 Å². The molecule has 2 rings (SSSR count). The molecule has 1 unspecified atom stereocenters. The summed E-state index contributed by atoms with van der Waals surface area (Å²) in [6.07, 6.45) is 8.83. The number of Topliss-reactive ketones (excluding diaryl/α,β-unsaturated/α-hetero) is 4. The summed E-state index contributed by atoms with van der Waals surface area (Å²) in [7, 11) is 0. The summed E-state index contributed by atoms with van der Waals surface area (Å²) in [5.41, 5.74) is -0.980. The van der Waals surface area contributed by atoms with Crippen LogP contribution in [0.1, 0.15) is 185 Å². The Morgan fingerprint density at radius 1 is 0.585 bits per heavy atom. The Bertz CT molecular complexity index is 1130. The van der Waals surface area contributed by atoms with Crippen LogP contribution in [0.15, 0.2) is 0 Å². The number of ketones is 4. The van der Waals surface area contributed by atoms with Crippen LogP contribution in [-0.4, -0.2) is 58.7 Å². The molecule has 1 atom stereocenters. The maximum absolute atomic E-state index is 11.1. The maximum Gasteiger partial charge on any atom is 0.223 e. The molecule has 1 saturated carbocycles. The highest BCUT2D eigenvalue weighted by molar-refractivity contribution is 5.98. The third-order valence-corrected chi connectivity index (χ3v) is 6.77. The number of terminal acetylenes is 1. The summed E-state index contributed by atoms with van der Waals surface area (Å²) in [6, 6.07) is 0. The Kier molecular flexibility index (Phi) is 28.3. The first-order valence-electron chi connectivity index (χ1n) is 18.8. The topological polar surface area (TPSA) is 139 Å². The summed E-state index contributed by atoms with van der Waals surface area (Å²) in [4.78, 5) is 65.2. The second kappa shape index (κ2) is 25.3. The van der Waals surface area contributed by atoms with E-state index in [1.807, 2.05) is 125 Å². The zero-order valence-corrected chi connectivity index (χ0v) is 37.3. The van der Waals surface area contributed by atoms with Crippen molar-refractivity contribution in [1.82, 2.24) is 10.6 Å². The molecule has 9 heteroatoms. The zero-order chi connectivity index (χ0) is 42.7. The van der Waals surface area contributed by atoms with Gasteiger partial charge in [0.1, 0.15) is 17.7 Å². The lowest BCUT2D eigenvalue weighted by Gasteiger charge is -2.20. The highest BCUT2D eigenvalue weighted by atomic mass is 16.6. The summed E-state index contributed by atoms with van der Waals surface area (Å²) >= 11 is 0. The van der Waals surface area contributed by atoms with E-state index in [1.165, 1.54) is 0 Å². The second-order valence-electron chi connectivity index (χ2n) is 19.4. The minimum atomic E-state index is -0.366. The Balaban J connectivity index is -0.000000174. The maximum atomic E-state index is 11.1. The standard InChI is InChI=1S/C8H15NO.C7H15NO.C7H12O2.2C7H14O.C7H10O.CH4/c1-8(2,3)9-7(10)6-4-5-6;1-5-6(9)8-7(2,3)4;1-7(2,3)6(8)5-4-9-5;3*1-5-6(8)7(2,3)4;/h6H,4-5H2,1-3H3,(H,9,10);5H2,1-4H3,(H,8,9);5H,4H2,1-3H3;2*5H2,1-4H3;1H,2-4H3;1H4. The summed E-state index contributed by atoms with van der Waals surface area (Å²) in [5, 5.41) is 5.77. The van der Waals surface area contributed by atoms with E-state index in [4.69, 9.17) is 11.2 Å². The molecule has 9 nitrogen and oxygen atoms in total. The SMILES string of the molecule is C.C#CC(=O)C(C)(C)C.CC(C)(C)C(=O)C1CO1.CC(C)(C)NC(=O)C1CC1.CCC(=O)C(C)(C)C.CCC(=O)C(C)(C)C.CCC(=O)NC(C)(C)C. The third-order valence-electron chi connectivity index (χ3n) is 6.77. The Morgan fingerprint density at radius 2 is 0.925 bits per heavy atom. The Morgan fingerprint density at radius 3 is 1.02 bits per heavy atom. The van der Waals surface area contributed by atoms with Crippen LogP contribution < -0.4 is 10.6 Å². The first-order chi connectivity index (χ1) is 22.9. The number of nitrogens with one attached hydrogen (secondary N) is 2. The minimum Gasteiger partial charge on any atom is -0.365 e. The molecule has 0 bridgehead atoms. The first-order valence-corrected chi connectivity index (χ1v) is 18.8. The zero-order valence-electron chi connectivity index (χ0n) is 37.3. The minimum absolute atomic E-state index is 0. The monoisotopic (exact) mass is 753 g/mol. The molecule has 2 amide bonds. The van der Waals surface area contributed by atoms with Crippen molar-refractivity contribution in [3.8, 4) is 12.3 Å². The first kappa shape index (κ1) is 59.4. The highest BCUT2D eigenvalue weighted by Crippen LogP contribution is 2.29. The van der Waals surface area contributed by atoms with Crippen molar-refractivity contribution in [3.05, 3.63) is 0 Å². The van der Waals surface area contributed by atoms with Crippen molar-refractivity contribution in [1.29, 1.82) is 0 Å². The van der Waals surface area contributed by atoms with Gasteiger partial charge in [-0.2, -0.15) is 0 Å². The van der Waals surface area contributed by atoms with E-state index in [0.29, 0.717) is 43.4 Å². The highest BCUT2D eigenvalue weighted by Gasteiger charge is 2.38. The molecule has 2 aliphatic rings. The molecule has 53 heavy (non-hydrogen) atoms. The number of carbonyl (C=O) groups excluding carboxylic acids is 6. The van der Waals surface area contributed by atoms with Crippen LogP contribution in [0.4, 0.5) is 0 Å². The van der Waals surface area contributed by atoms with Gasteiger partial charge in [-0.25, -0.2) is 0 Å². The van der Waals surface area contributed by atoms with Crippen LogP contribution in [0, 0.1) is 39.9 Å². The van der Waals surface area contributed by atoms with Crippen LogP contribution in [0.5, 0.6) is 0 Å². The summed E-state index contributed by atoms with van der Waals surface area (Å²) in [5.74, 6) is 3.49. The van der Waals surface area contributed by atoms with Crippen LogP contribution in [0.2, 0.25) is 0 Å². The van der Waals surface area contributed by atoms with Gasteiger partial charge < -0.3 is 15.4 Å². The molecular formula is C44H84N2O7. The van der Waals surface area contributed by atoms with E-state index in [2.05, 4.69) is 16.6 Å². The average Bonchev–Trinajstić information content (AvgIpc) is 3.86. The van der Waals surface area contributed by atoms with Crippen LogP contribution in [-0.2, 0) is 33.5 Å². The van der Waals surface area contributed by atoms with Crippen LogP contribution in [0.25, 0.3) is 0 Å². The number of ether oxygens (including phenoxy) is 1. The van der Waals surface area contributed by atoms with Gasteiger partial charge in [-0.3, -0.25) is 28.8 Å². The average molecular weight is 753 g/mol. The van der Waals surface area contributed by atoms with E-state index >= 15 is 0 Å². The van der Waals surface area contributed by atoms with E-state index in [9.17, 15) is 28.8 Å².